The van der Waals surface area contributed by atoms with Crippen molar-refractivity contribution in [3.05, 3.63) is 0 Å². The van der Waals surface area contributed by atoms with Crippen LogP contribution < -0.4 is 5.32 Å². The lowest BCUT2D eigenvalue weighted by Crippen LogP contribution is -2.32. The molecule has 64 valence electrons. The van der Waals surface area contributed by atoms with Crippen LogP contribution in [-0.2, 0) is 9.59 Å². The summed E-state index contributed by atoms with van der Waals surface area (Å²) in [5, 5.41) is 10.9. The van der Waals surface area contributed by atoms with E-state index in [9.17, 15) is 9.59 Å². The van der Waals surface area contributed by atoms with Gasteiger partial charge < -0.3 is 10.4 Å². The Balaban J connectivity index is 3.44. The first kappa shape index (κ1) is 10.1. The molecule has 4 heteroatoms. The van der Waals surface area contributed by atoms with Gasteiger partial charge in [-0.25, -0.2) is 0 Å². The van der Waals surface area contributed by atoms with Crippen LogP contribution in [0.1, 0.15) is 20.3 Å². The van der Waals surface area contributed by atoms with Gasteiger partial charge in [0.15, 0.2) is 0 Å². The number of carbonyl (C=O) groups is 2. The number of carboxylic acid groups (broad SMARTS) is 1. The number of nitrogens with one attached hydrogen (secondary N) is 1. The number of aliphatic carboxylic acids is 1. The summed E-state index contributed by atoms with van der Waals surface area (Å²) in [6, 6.07) is -0.0522. The molecule has 0 spiro atoms. The van der Waals surface area contributed by atoms with Crippen molar-refractivity contribution >= 4 is 11.8 Å². The largest absolute Gasteiger partial charge is 0.480 e. The molecule has 4 nitrogen and oxygen atoms in total. The molecule has 0 amide bonds. The van der Waals surface area contributed by atoms with Gasteiger partial charge in [0, 0.05) is 12.5 Å². The van der Waals surface area contributed by atoms with Crippen molar-refractivity contribution in [1.29, 1.82) is 0 Å². The lowest BCUT2D eigenvalue weighted by atomic mass is 10.2. The number of hydrogen-bond acceptors (Lipinski definition) is 3. The van der Waals surface area contributed by atoms with Crippen LogP contribution >= 0.6 is 0 Å². The Morgan fingerprint density at radius 1 is 1.55 bits per heavy atom. The van der Waals surface area contributed by atoms with E-state index >= 15 is 0 Å². The van der Waals surface area contributed by atoms with E-state index in [1.165, 1.54) is 6.92 Å². The molecule has 11 heavy (non-hydrogen) atoms. The smallest absolute Gasteiger partial charge is 0.317 e. The summed E-state index contributed by atoms with van der Waals surface area (Å²) in [7, 11) is 0. The normalized spacial score (nSPS) is 12.5. The standard InChI is InChI=1S/C7H13NO3/c1-5(3-6(2)9)8-4-7(10)11/h5,8H,3-4H2,1-2H3,(H,10,11). The number of Topliss-reactive ketones (excluding diaryl/α,β-unsaturated/α-hetero) is 1. The molecule has 0 fully saturated rings. The maximum Gasteiger partial charge on any atom is 0.317 e. The first-order chi connectivity index (χ1) is 5.02. The van der Waals surface area contributed by atoms with Crippen LogP contribution in [0.15, 0.2) is 0 Å². The van der Waals surface area contributed by atoms with Crippen LogP contribution in [0.25, 0.3) is 0 Å². The molecule has 0 aliphatic rings. The highest BCUT2D eigenvalue weighted by Crippen LogP contribution is 1.90. The third kappa shape index (κ3) is 6.99. The lowest BCUT2D eigenvalue weighted by Gasteiger charge is -2.08. The summed E-state index contributed by atoms with van der Waals surface area (Å²) < 4.78 is 0. The zero-order valence-corrected chi connectivity index (χ0v) is 6.76. The van der Waals surface area contributed by atoms with E-state index in [0.717, 1.165) is 0 Å². The second kappa shape index (κ2) is 4.85. The molecule has 0 radical (unpaired) electrons. The van der Waals surface area contributed by atoms with E-state index in [0.29, 0.717) is 6.42 Å². The number of ketones is 1. The van der Waals surface area contributed by atoms with Gasteiger partial charge >= 0.3 is 5.97 Å². The van der Waals surface area contributed by atoms with E-state index in [1.807, 2.05) is 0 Å². The third-order valence-electron chi connectivity index (χ3n) is 1.20. The summed E-state index contributed by atoms with van der Waals surface area (Å²) in [5.74, 6) is -0.837. The zero-order chi connectivity index (χ0) is 8.85. The van der Waals surface area contributed by atoms with Gasteiger partial charge in [-0.15, -0.1) is 0 Å². The molecule has 2 N–H and O–H groups in total. The SMILES string of the molecule is CC(=O)CC(C)NCC(=O)O. The van der Waals surface area contributed by atoms with Gasteiger partial charge in [0.25, 0.3) is 0 Å². The molecular weight excluding hydrogens is 146 g/mol. The highest BCUT2D eigenvalue weighted by atomic mass is 16.4. The van der Waals surface area contributed by atoms with Gasteiger partial charge in [-0.2, -0.15) is 0 Å². The number of hydrogen-bond donors (Lipinski definition) is 2. The average Bonchev–Trinajstić information content (AvgIpc) is 1.82. The van der Waals surface area contributed by atoms with Gasteiger partial charge in [0.05, 0.1) is 6.54 Å². The van der Waals surface area contributed by atoms with Gasteiger partial charge in [-0.1, -0.05) is 0 Å². The summed E-state index contributed by atoms with van der Waals surface area (Å²) >= 11 is 0. The van der Waals surface area contributed by atoms with Crippen molar-refractivity contribution in [3.8, 4) is 0 Å². The van der Waals surface area contributed by atoms with Gasteiger partial charge in [0.2, 0.25) is 0 Å². The third-order valence-corrected chi connectivity index (χ3v) is 1.20. The first-order valence-corrected chi connectivity index (χ1v) is 3.47. The average molecular weight is 159 g/mol. The fourth-order valence-corrected chi connectivity index (χ4v) is 0.765. The molecular formula is C7H13NO3. The Morgan fingerprint density at radius 2 is 2.09 bits per heavy atom. The quantitative estimate of drug-likeness (QED) is 0.594. The Kier molecular flexibility index (Phi) is 4.45. The molecule has 0 heterocycles. The molecule has 0 saturated carbocycles. The number of rotatable bonds is 5. The molecule has 1 atom stereocenters. The monoisotopic (exact) mass is 159 g/mol. The predicted molar refractivity (Wildman–Crippen MR) is 40.4 cm³/mol. The minimum atomic E-state index is -0.902. The fourth-order valence-electron chi connectivity index (χ4n) is 0.765. The molecule has 0 rings (SSSR count). The highest BCUT2D eigenvalue weighted by molar-refractivity contribution is 5.76. The van der Waals surface area contributed by atoms with Crippen LogP contribution in [0.3, 0.4) is 0 Å². The molecule has 0 aromatic heterocycles. The summed E-state index contributed by atoms with van der Waals surface area (Å²) in [6.45, 7) is 3.18. The van der Waals surface area contributed by atoms with Crippen molar-refractivity contribution < 1.29 is 14.7 Å². The van der Waals surface area contributed by atoms with E-state index in [2.05, 4.69) is 5.32 Å². The van der Waals surface area contributed by atoms with Crippen LogP contribution in [0.4, 0.5) is 0 Å². The second-order valence-corrected chi connectivity index (χ2v) is 2.58. The van der Waals surface area contributed by atoms with Gasteiger partial charge in [-0.3, -0.25) is 9.59 Å². The number of carboxylic acids is 1. The van der Waals surface area contributed by atoms with E-state index in [1.54, 1.807) is 6.92 Å². The van der Waals surface area contributed by atoms with Crippen molar-refractivity contribution in [1.82, 2.24) is 5.32 Å². The minimum absolute atomic E-state index is 0.0522. The first-order valence-electron chi connectivity index (χ1n) is 3.47. The lowest BCUT2D eigenvalue weighted by molar-refractivity contribution is -0.136. The van der Waals surface area contributed by atoms with Gasteiger partial charge in [-0.05, 0) is 13.8 Å². The summed E-state index contributed by atoms with van der Waals surface area (Å²) in [5.41, 5.74) is 0. The van der Waals surface area contributed by atoms with E-state index < -0.39 is 5.97 Å². The Morgan fingerprint density at radius 3 is 2.45 bits per heavy atom. The molecule has 1 unspecified atom stereocenters. The van der Waals surface area contributed by atoms with E-state index in [4.69, 9.17) is 5.11 Å². The molecule has 0 saturated heterocycles. The Bertz CT molecular complexity index is 156. The maximum absolute atomic E-state index is 10.5. The van der Waals surface area contributed by atoms with E-state index in [-0.39, 0.29) is 18.4 Å². The van der Waals surface area contributed by atoms with Crippen molar-refractivity contribution in [2.45, 2.75) is 26.3 Å². The second-order valence-electron chi connectivity index (χ2n) is 2.58. The predicted octanol–water partition coefficient (Wildman–Crippen LogP) is 0.0282. The summed E-state index contributed by atoms with van der Waals surface area (Å²) in [6.07, 6.45) is 0.382. The Hall–Kier alpha value is -0.900. The maximum atomic E-state index is 10.5. The topological polar surface area (TPSA) is 66.4 Å². The number of carbonyl (C=O) groups excluding carboxylic acids is 1. The molecule has 0 aromatic carbocycles. The minimum Gasteiger partial charge on any atom is -0.480 e. The van der Waals surface area contributed by atoms with Crippen LogP contribution in [0.2, 0.25) is 0 Å². The van der Waals surface area contributed by atoms with Crippen molar-refractivity contribution in [3.63, 3.8) is 0 Å². The summed E-state index contributed by atoms with van der Waals surface area (Å²) in [4.78, 5) is 20.6. The fraction of sp³-hybridized carbons (Fsp3) is 0.714. The van der Waals surface area contributed by atoms with Crippen molar-refractivity contribution in [2.24, 2.45) is 0 Å². The zero-order valence-electron chi connectivity index (χ0n) is 6.76. The van der Waals surface area contributed by atoms with Gasteiger partial charge in [0.1, 0.15) is 5.78 Å². The van der Waals surface area contributed by atoms with Crippen molar-refractivity contribution in [2.75, 3.05) is 6.54 Å². The van der Waals surface area contributed by atoms with Crippen LogP contribution in [0.5, 0.6) is 0 Å². The Labute approximate surface area is 65.6 Å². The van der Waals surface area contributed by atoms with Crippen LogP contribution in [-0.4, -0.2) is 29.4 Å². The molecule has 0 bridgehead atoms. The molecule has 0 aliphatic heterocycles. The highest BCUT2D eigenvalue weighted by Gasteiger charge is 2.05. The molecule has 0 aromatic rings. The molecule has 0 aliphatic carbocycles. The van der Waals surface area contributed by atoms with Crippen LogP contribution in [0, 0.1) is 0 Å².